The highest BCUT2D eigenvalue weighted by Crippen LogP contribution is 2.65. The summed E-state index contributed by atoms with van der Waals surface area (Å²) in [5.41, 5.74) is -0.854. The molecule has 1 aliphatic heterocycles. The van der Waals surface area contributed by atoms with Gasteiger partial charge in [-0.1, -0.05) is 26.8 Å². The van der Waals surface area contributed by atoms with Gasteiger partial charge < -0.3 is 14.9 Å². The maximum Gasteiger partial charge on any atom is 0.0839 e. The number of hydrogen-bond donors (Lipinski definition) is 2. The summed E-state index contributed by atoms with van der Waals surface area (Å²) in [7, 11) is 0. The molecule has 1 heterocycles. The molecule has 132 valence electrons. The molecule has 0 amide bonds. The van der Waals surface area contributed by atoms with Gasteiger partial charge in [0, 0.05) is 6.42 Å². The number of aliphatic hydroxyl groups is 2. The summed E-state index contributed by atoms with van der Waals surface area (Å²) in [6, 6.07) is 0. The molecule has 3 fully saturated rings. The normalized spacial score (nSPS) is 55.6. The van der Waals surface area contributed by atoms with Gasteiger partial charge in [0.05, 0.1) is 23.4 Å². The van der Waals surface area contributed by atoms with Crippen LogP contribution in [0.2, 0.25) is 0 Å². The molecule has 3 nitrogen and oxygen atoms in total. The van der Waals surface area contributed by atoms with Crippen molar-refractivity contribution in [3.05, 3.63) is 12.7 Å². The van der Waals surface area contributed by atoms with Gasteiger partial charge in [-0.05, 0) is 62.2 Å². The van der Waals surface area contributed by atoms with Crippen LogP contribution in [0.25, 0.3) is 0 Å². The predicted molar refractivity (Wildman–Crippen MR) is 92.1 cm³/mol. The van der Waals surface area contributed by atoms with Crippen molar-refractivity contribution in [3.63, 3.8) is 0 Å². The quantitative estimate of drug-likeness (QED) is 0.724. The van der Waals surface area contributed by atoms with Crippen LogP contribution >= 0.6 is 0 Å². The molecule has 0 bridgehead atoms. The molecule has 0 unspecified atom stereocenters. The van der Waals surface area contributed by atoms with E-state index < -0.39 is 6.10 Å². The summed E-state index contributed by atoms with van der Waals surface area (Å²) in [5, 5.41) is 21.6. The van der Waals surface area contributed by atoms with Crippen molar-refractivity contribution in [2.24, 2.45) is 22.7 Å². The first-order valence-electron chi connectivity index (χ1n) is 9.18. The second-order valence-corrected chi connectivity index (χ2v) is 9.65. The van der Waals surface area contributed by atoms with Gasteiger partial charge in [-0.2, -0.15) is 0 Å². The van der Waals surface area contributed by atoms with Crippen LogP contribution in [0, 0.1) is 22.7 Å². The third-order valence-electron chi connectivity index (χ3n) is 7.69. The lowest BCUT2D eigenvalue weighted by atomic mass is 9.43. The van der Waals surface area contributed by atoms with Crippen molar-refractivity contribution in [3.8, 4) is 0 Å². The molecule has 7 atom stereocenters. The van der Waals surface area contributed by atoms with E-state index in [1.165, 1.54) is 0 Å². The number of aliphatic hydroxyl groups excluding tert-OH is 2. The number of rotatable bonds is 1. The maximum atomic E-state index is 11.1. The number of fused-ring (bicyclic) bond motifs is 3. The Balaban J connectivity index is 2.01. The highest BCUT2D eigenvalue weighted by molar-refractivity contribution is 5.16. The van der Waals surface area contributed by atoms with Crippen molar-refractivity contribution in [1.29, 1.82) is 0 Å². The zero-order chi connectivity index (χ0) is 17.3. The first-order valence-corrected chi connectivity index (χ1v) is 9.18. The van der Waals surface area contributed by atoms with E-state index in [4.69, 9.17) is 4.74 Å². The standard InChI is InChI=1S/C20H34O3/c1-7-18(4)10-8-14-19(5)11-9-15(22)17(2,3)16(19)13(21)12-20(14,6)23-18/h7,13-16,21-22H,1,8-12H2,2-6H3/t13-,14-,15+,16+,18-,19-,20-/m0/s1. The van der Waals surface area contributed by atoms with Gasteiger partial charge >= 0.3 is 0 Å². The molecule has 3 aliphatic rings. The number of ether oxygens (including phenoxy) is 1. The van der Waals surface area contributed by atoms with Gasteiger partial charge in [0.25, 0.3) is 0 Å². The Labute approximate surface area is 141 Å². The molecule has 0 radical (unpaired) electrons. The molecule has 1 saturated heterocycles. The van der Waals surface area contributed by atoms with E-state index in [1.54, 1.807) is 0 Å². The lowest BCUT2D eigenvalue weighted by Crippen LogP contribution is -2.68. The zero-order valence-electron chi connectivity index (χ0n) is 15.4. The SMILES string of the molecule is C=C[C@@]1(C)CC[C@H]2[C@]3(C)CC[C@@H](O)C(C)(C)[C@H]3[C@@H](O)C[C@]2(C)O1. The predicted octanol–water partition coefficient (Wildman–Crippen LogP) is 3.68. The summed E-state index contributed by atoms with van der Waals surface area (Å²) in [5.74, 6) is 0.539. The van der Waals surface area contributed by atoms with Gasteiger partial charge in [0.1, 0.15) is 0 Å². The first kappa shape index (κ1) is 17.4. The Morgan fingerprint density at radius 3 is 2.30 bits per heavy atom. The van der Waals surface area contributed by atoms with Gasteiger partial charge in [0.2, 0.25) is 0 Å². The Bertz CT molecular complexity index is 501. The average Bonchev–Trinajstić information content (AvgIpc) is 2.41. The molecule has 0 spiro atoms. The smallest absolute Gasteiger partial charge is 0.0839 e. The van der Waals surface area contributed by atoms with Crippen LogP contribution in [-0.4, -0.2) is 33.6 Å². The molecular weight excluding hydrogens is 288 g/mol. The summed E-state index contributed by atoms with van der Waals surface area (Å²) in [4.78, 5) is 0. The average molecular weight is 322 g/mol. The van der Waals surface area contributed by atoms with Gasteiger partial charge in [-0.25, -0.2) is 0 Å². The van der Waals surface area contributed by atoms with Crippen LogP contribution in [0.3, 0.4) is 0 Å². The van der Waals surface area contributed by atoms with E-state index in [-0.39, 0.29) is 34.1 Å². The van der Waals surface area contributed by atoms with Crippen LogP contribution in [0.5, 0.6) is 0 Å². The Morgan fingerprint density at radius 1 is 1.04 bits per heavy atom. The molecule has 2 saturated carbocycles. The van der Waals surface area contributed by atoms with E-state index in [1.807, 2.05) is 6.08 Å². The van der Waals surface area contributed by atoms with E-state index in [9.17, 15) is 10.2 Å². The third kappa shape index (κ3) is 2.34. The number of hydrogen-bond acceptors (Lipinski definition) is 3. The lowest BCUT2D eigenvalue weighted by Gasteiger charge is -2.67. The monoisotopic (exact) mass is 322 g/mol. The van der Waals surface area contributed by atoms with Gasteiger partial charge in [-0.15, -0.1) is 6.58 Å². The Morgan fingerprint density at radius 2 is 1.70 bits per heavy atom. The van der Waals surface area contributed by atoms with E-state index in [0.717, 1.165) is 25.7 Å². The Hall–Kier alpha value is -0.380. The fourth-order valence-electron chi connectivity index (χ4n) is 6.64. The van der Waals surface area contributed by atoms with Crippen LogP contribution in [0.4, 0.5) is 0 Å². The van der Waals surface area contributed by atoms with Crippen molar-refractivity contribution in [2.45, 2.75) is 90.1 Å². The van der Waals surface area contributed by atoms with Crippen molar-refractivity contribution in [1.82, 2.24) is 0 Å². The highest BCUT2D eigenvalue weighted by atomic mass is 16.5. The molecule has 23 heavy (non-hydrogen) atoms. The molecule has 3 rings (SSSR count). The van der Waals surface area contributed by atoms with Gasteiger partial charge in [-0.3, -0.25) is 0 Å². The molecule has 3 heteroatoms. The Kier molecular flexibility index (Phi) is 3.84. The van der Waals surface area contributed by atoms with Crippen molar-refractivity contribution < 1.29 is 14.9 Å². The fourth-order valence-corrected chi connectivity index (χ4v) is 6.64. The molecule has 0 aromatic rings. The summed E-state index contributed by atoms with van der Waals surface area (Å²) < 4.78 is 6.55. The second-order valence-electron chi connectivity index (χ2n) is 9.65. The van der Waals surface area contributed by atoms with E-state index in [0.29, 0.717) is 12.3 Å². The van der Waals surface area contributed by atoms with Crippen LogP contribution in [0.1, 0.15) is 66.7 Å². The van der Waals surface area contributed by atoms with E-state index >= 15 is 0 Å². The minimum Gasteiger partial charge on any atom is -0.393 e. The van der Waals surface area contributed by atoms with Crippen molar-refractivity contribution >= 4 is 0 Å². The molecule has 0 aromatic carbocycles. The zero-order valence-corrected chi connectivity index (χ0v) is 15.4. The van der Waals surface area contributed by atoms with E-state index in [2.05, 4.69) is 41.2 Å². The van der Waals surface area contributed by atoms with Crippen LogP contribution in [-0.2, 0) is 4.74 Å². The summed E-state index contributed by atoms with van der Waals surface area (Å²) >= 11 is 0. The van der Waals surface area contributed by atoms with Crippen LogP contribution < -0.4 is 0 Å². The van der Waals surface area contributed by atoms with Crippen LogP contribution in [0.15, 0.2) is 12.7 Å². The largest absolute Gasteiger partial charge is 0.393 e. The first-order chi connectivity index (χ1) is 10.5. The summed E-state index contributed by atoms with van der Waals surface area (Å²) in [6.07, 6.45) is 5.68. The lowest BCUT2D eigenvalue weighted by molar-refractivity contribution is -0.287. The maximum absolute atomic E-state index is 11.1. The van der Waals surface area contributed by atoms with Gasteiger partial charge in [0.15, 0.2) is 0 Å². The molecular formula is C20H34O3. The highest BCUT2D eigenvalue weighted by Gasteiger charge is 2.65. The molecule has 0 aromatic heterocycles. The molecule has 2 aliphatic carbocycles. The fraction of sp³-hybridized carbons (Fsp3) is 0.900. The molecule has 2 N–H and O–H groups in total. The topological polar surface area (TPSA) is 49.7 Å². The second kappa shape index (κ2) is 5.06. The third-order valence-corrected chi connectivity index (χ3v) is 7.69. The van der Waals surface area contributed by atoms with Crippen molar-refractivity contribution in [2.75, 3.05) is 0 Å². The minimum atomic E-state index is -0.432. The summed E-state index contributed by atoms with van der Waals surface area (Å²) in [6.45, 7) is 14.8. The minimum absolute atomic E-state index is 0.0116.